The Balaban J connectivity index is -0.000000490. The minimum atomic E-state index is -1.41. The van der Waals surface area contributed by atoms with Crippen LogP contribution in [0.3, 0.4) is 0 Å². The van der Waals surface area contributed by atoms with Crippen LogP contribution in [0.15, 0.2) is 0 Å². The number of carbonyl (C=O) groups is 4. The molecule has 0 aromatic carbocycles. The van der Waals surface area contributed by atoms with Gasteiger partial charge in [-0.25, -0.2) is 0 Å². The van der Waals surface area contributed by atoms with E-state index < -0.39 is 47.9 Å². The quantitative estimate of drug-likeness (QED) is 0.244. The van der Waals surface area contributed by atoms with E-state index in [0.29, 0.717) is 12.8 Å². The average Bonchev–Trinajstić information content (AvgIpc) is 2.51. The summed E-state index contributed by atoms with van der Waals surface area (Å²) in [4.78, 5) is 42.9. The molecule has 0 aromatic rings. The van der Waals surface area contributed by atoms with Gasteiger partial charge in [0.05, 0.1) is 24.8 Å². The van der Waals surface area contributed by atoms with Gasteiger partial charge in [0.1, 0.15) is 11.2 Å². The maximum absolute atomic E-state index is 11.2. The Morgan fingerprint density at radius 3 is 0.968 bits per heavy atom. The van der Waals surface area contributed by atoms with Crippen molar-refractivity contribution in [2.45, 2.75) is 106 Å². The van der Waals surface area contributed by atoms with Crippen molar-refractivity contribution in [3.05, 3.63) is 0 Å². The molecule has 0 amide bonds. The van der Waals surface area contributed by atoms with Crippen molar-refractivity contribution < 1.29 is 38.9 Å². The van der Waals surface area contributed by atoms with E-state index in [4.69, 9.17) is 9.47 Å². The summed E-state index contributed by atoms with van der Waals surface area (Å²) in [5.41, 5.74) is -1.77. The van der Waals surface area contributed by atoms with E-state index in [0.717, 1.165) is 0 Å². The summed E-state index contributed by atoms with van der Waals surface area (Å²) in [6, 6.07) is 0. The minimum absolute atomic E-state index is 0. The molecule has 31 heavy (non-hydrogen) atoms. The molecule has 0 spiro atoms. The van der Waals surface area contributed by atoms with Gasteiger partial charge < -0.3 is 29.3 Å². The van der Waals surface area contributed by atoms with Crippen molar-refractivity contribution in [3.63, 3.8) is 0 Å². The predicted octanol–water partition coefficient (Wildman–Crippen LogP) is 1.39. The third-order valence-corrected chi connectivity index (χ3v) is 5.78. The van der Waals surface area contributed by atoms with E-state index in [2.05, 4.69) is 0 Å². The molecule has 0 saturated carbocycles. The minimum Gasteiger partial charge on any atom is -0.550 e. The van der Waals surface area contributed by atoms with Gasteiger partial charge in [-0.15, -0.1) is 0 Å². The molecule has 0 aliphatic carbocycles. The fourth-order valence-electron chi connectivity index (χ4n) is 2.32. The standard InChI is InChI=1S/2C11H20O4.Ba/c2*1-6-11(5,10(2,3)4)15-9(14)7-8(12)13;/h2*6-7H2,1-5H3,(H,12,13);/q;;+2/p-2. The molecule has 0 heterocycles. The number of carbonyl (C=O) groups excluding carboxylic acids is 4. The molecule has 2 unspecified atom stereocenters. The summed E-state index contributed by atoms with van der Waals surface area (Å²) in [5.74, 6) is -4.30. The number of aliphatic carboxylic acids is 2. The van der Waals surface area contributed by atoms with Gasteiger partial charge in [0.2, 0.25) is 0 Å². The first kappa shape index (κ1) is 35.1. The molecule has 0 aliphatic rings. The summed E-state index contributed by atoms with van der Waals surface area (Å²) < 4.78 is 10.4. The van der Waals surface area contributed by atoms with Gasteiger partial charge in [-0.1, -0.05) is 55.4 Å². The second-order valence-corrected chi connectivity index (χ2v) is 9.71. The number of ether oxygens (including phenoxy) is 2. The molecule has 176 valence electrons. The Hall–Kier alpha value is -0.549. The zero-order valence-corrected chi connectivity index (χ0v) is 25.2. The SMILES string of the molecule is CCC(C)(OC(=O)CC(=O)[O-])C(C)(C)C.CCC(C)(OC(=O)CC(=O)[O-])C(C)(C)C.[Ba+2]. The molecule has 2 atom stereocenters. The first-order valence-corrected chi connectivity index (χ1v) is 10.1. The normalized spacial score (nSPS) is 15.0. The Bertz CT molecular complexity index is 564. The largest absolute Gasteiger partial charge is 2.00 e. The zero-order chi connectivity index (χ0) is 24.6. The second-order valence-electron chi connectivity index (χ2n) is 9.71. The molecule has 9 heteroatoms. The molecule has 0 rings (SSSR count). The number of hydrogen-bond acceptors (Lipinski definition) is 8. The van der Waals surface area contributed by atoms with Crippen LogP contribution >= 0.6 is 0 Å². The van der Waals surface area contributed by atoms with Gasteiger partial charge in [0.15, 0.2) is 0 Å². The number of carboxylic acids is 2. The van der Waals surface area contributed by atoms with Gasteiger partial charge >= 0.3 is 60.8 Å². The van der Waals surface area contributed by atoms with Gasteiger partial charge in [-0.3, -0.25) is 9.59 Å². The van der Waals surface area contributed by atoms with Crippen LogP contribution in [0.25, 0.3) is 0 Å². The summed E-state index contributed by atoms with van der Waals surface area (Å²) in [7, 11) is 0. The molecule has 0 N–H and O–H groups in total. The molecule has 0 fully saturated rings. The Kier molecular flexibility index (Phi) is 15.7. The summed E-state index contributed by atoms with van der Waals surface area (Å²) in [6.07, 6.45) is -0.109. The van der Waals surface area contributed by atoms with Crippen LogP contribution in [0, 0.1) is 10.8 Å². The van der Waals surface area contributed by atoms with E-state index in [1.807, 2.05) is 55.4 Å². The van der Waals surface area contributed by atoms with Crippen LogP contribution in [0.5, 0.6) is 0 Å². The zero-order valence-electron chi connectivity index (χ0n) is 20.8. The predicted molar refractivity (Wildman–Crippen MR) is 113 cm³/mol. The van der Waals surface area contributed by atoms with Crippen molar-refractivity contribution in [1.29, 1.82) is 0 Å². The van der Waals surface area contributed by atoms with Crippen LogP contribution in [-0.2, 0) is 28.7 Å². The van der Waals surface area contributed by atoms with Crippen molar-refractivity contribution in [1.82, 2.24) is 0 Å². The third kappa shape index (κ3) is 12.9. The Morgan fingerprint density at radius 1 is 0.613 bits per heavy atom. The van der Waals surface area contributed by atoms with Gasteiger partial charge in [0.25, 0.3) is 0 Å². The van der Waals surface area contributed by atoms with Gasteiger partial charge in [-0.05, 0) is 26.7 Å². The Labute approximate surface area is 226 Å². The van der Waals surface area contributed by atoms with Crippen LogP contribution in [0.4, 0.5) is 0 Å². The van der Waals surface area contributed by atoms with Crippen molar-refractivity contribution in [2.75, 3.05) is 0 Å². The topological polar surface area (TPSA) is 133 Å². The van der Waals surface area contributed by atoms with Crippen LogP contribution in [0.1, 0.15) is 94.9 Å². The van der Waals surface area contributed by atoms with Crippen molar-refractivity contribution in [3.8, 4) is 0 Å². The molecule has 0 saturated heterocycles. The fourth-order valence-corrected chi connectivity index (χ4v) is 2.32. The molecular weight excluding hydrogens is 530 g/mol. The fraction of sp³-hybridized carbons (Fsp3) is 0.818. The van der Waals surface area contributed by atoms with Crippen molar-refractivity contribution in [2.24, 2.45) is 10.8 Å². The second kappa shape index (κ2) is 13.9. The molecule has 8 nitrogen and oxygen atoms in total. The van der Waals surface area contributed by atoms with E-state index in [1.54, 1.807) is 13.8 Å². The summed E-state index contributed by atoms with van der Waals surface area (Å²) >= 11 is 0. The third-order valence-electron chi connectivity index (χ3n) is 5.78. The first-order valence-electron chi connectivity index (χ1n) is 10.1. The maximum Gasteiger partial charge on any atom is 2.00 e. The molecule has 0 bridgehead atoms. The van der Waals surface area contributed by atoms with Crippen molar-refractivity contribution >= 4 is 72.8 Å². The van der Waals surface area contributed by atoms with E-state index in [9.17, 15) is 29.4 Å². The molecule has 0 aliphatic heterocycles. The molecule has 0 radical (unpaired) electrons. The van der Waals surface area contributed by atoms with E-state index >= 15 is 0 Å². The van der Waals surface area contributed by atoms with Gasteiger partial charge in [0, 0.05) is 10.8 Å². The maximum atomic E-state index is 11.2. The smallest absolute Gasteiger partial charge is 0.550 e. The number of carboxylic acid groups (broad SMARTS) is 2. The summed E-state index contributed by atoms with van der Waals surface area (Å²) in [5, 5.41) is 20.4. The first-order chi connectivity index (χ1) is 13.2. The van der Waals surface area contributed by atoms with E-state index in [1.165, 1.54) is 0 Å². The number of esters is 2. The Morgan fingerprint density at radius 2 is 0.839 bits per heavy atom. The van der Waals surface area contributed by atoms with E-state index in [-0.39, 0.29) is 59.7 Å². The van der Waals surface area contributed by atoms with Crippen LogP contribution < -0.4 is 10.2 Å². The molecule has 0 aromatic heterocycles. The van der Waals surface area contributed by atoms with Crippen LogP contribution in [-0.4, -0.2) is 84.0 Å². The van der Waals surface area contributed by atoms with Gasteiger partial charge in [-0.2, -0.15) is 0 Å². The molecular formula is C22H38BaO8. The average molecular weight is 568 g/mol. The number of rotatable bonds is 8. The van der Waals surface area contributed by atoms with Crippen LogP contribution in [0.2, 0.25) is 0 Å². The number of hydrogen-bond donors (Lipinski definition) is 0. The summed E-state index contributed by atoms with van der Waals surface area (Å²) in [6.45, 7) is 19.1. The monoisotopic (exact) mass is 568 g/mol.